The Bertz CT molecular complexity index is 759. The van der Waals surface area contributed by atoms with Gasteiger partial charge in [0.1, 0.15) is 22.2 Å². The summed E-state index contributed by atoms with van der Waals surface area (Å²) in [5.41, 5.74) is 2.31. The number of rotatable bonds is 4. The van der Waals surface area contributed by atoms with Gasteiger partial charge in [-0.2, -0.15) is 0 Å². The zero-order valence-electron chi connectivity index (χ0n) is 14.1. The van der Waals surface area contributed by atoms with E-state index in [4.69, 9.17) is 9.84 Å². The van der Waals surface area contributed by atoms with Crippen LogP contribution in [0.2, 0.25) is 0 Å². The zero-order chi connectivity index (χ0) is 18.0. The highest BCUT2D eigenvalue weighted by atomic mass is 16.6. The van der Waals surface area contributed by atoms with Gasteiger partial charge >= 0.3 is 6.09 Å². The van der Waals surface area contributed by atoms with Crippen LogP contribution in [0.1, 0.15) is 33.3 Å². The third-order valence-corrected chi connectivity index (χ3v) is 3.04. The second kappa shape index (κ2) is 6.58. The molecule has 0 aliphatic heterocycles. The molecule has 8 heteroatoms. The number of amides is 1. The lowest BCUT2D eigenvalue weighted by Crippen LogP contribution is -2.32. The maximum absolute atomic E-state index is 11.9. The number of aliphatic hydroxyl groups is 2. The van der Waals surface area contributed by atoms with Crippen molar-refractivity contribution in [1.29, 1.82) is 0 Å². The van der Waals surface area contributed by atoms with Crippen molar-refractivity contribution in [3.63, 3.8) is 0 Å². The second-order valence-corrected chi connectivity index (χ2v) is 6.68. The van der Waals surface area contributed by atoms with Crippen LogP contribution in [0.5, 0.6) is 0 Å². The van der Waals surface area contributed by atoms with Crippen molar-refractivity contribution >= 4 is 23.2 Å². The summed E-state index contributed by atoms with van der Waals surface area (Å²) in [5, 5.41) is 26.9. The molecule has 2 rings (SSSR count). The number of fused-ring (bicyclic) bond motifs is 1. The van der Waals surface area contributed by atoms with Gasteiger partial charge in [0.05, 0.1) is 6.61 Å². The first kappa shape index (κ1) is 17.9. The molecule has 0 bridgehead atoms. The van der Waals surface area contributed by atoms with Crippen molar-refractivity contribution in [3.8, 4) is 0 Å². The Kier molecular flexibility index (Phi) is 4.91. The molecule has 0 aliphatic carbocycles. The van der Waals surface area contributed by atoms with Gasteiger partial charge in [-0.3, -0.25) is 0 Å². The summed E-state index contributed by atoms with van der Waals surface area (Å²) >= 11 is 0. The zero-order valence-corrected chi connectivity index (χ0v) is 14.1. The van der Waals surface area contributed by atoms with Gasteiger partial charge in [0.15, 0.2) is 0 Å². The van der Waals surface area contributed by atoms with Crippen molar-refractivity contribution in [1.82, 2.24) is 15.1 Å². The molecular formula is C16H22N4O4. The topological polar surface area (TPSA) is 110 Å². The lowest BCUT2D eigenvalue weighted by Gasteiger charge is -2.19. The molecule has 0 fully saturated rings. The SMILES string of the molecule is CC(C)(C)OC(=O)Nn1nnc2cccc(/C=C\[C@](C)(O)CO)c21. The first-order chi connectivity index (χ1) is 11.1. The quantitative estimate of drug-likeness (QED) is 0.784. The molecule has 0 aliphatic rings. The molecule has 1 aromatic heterocycles. The summed E-state index contributed by atoms with van der Waals surface area (Å²) in [6, 6.07) is 5.31. The molecule has 1 heterocycles. The number of ether oxygens (including phenoxy) is 1. The van der Waals surface area contributed by atoms with E-state index in [2.05, 4.69) is 15.7 Å². The van der Waals surface area contributed by atoms with Gasteiger partial charge in [0.2, 0.25) is 0 Å². The largest absolute Gasteiger partial charge is 0.443 e. The van der Waals surface area contributed by atoms with E-state index in [0.29, 0.717) is 16.6 Å². The molecular weight excluding hydrogens is 312 g/mol. The molecule has 0 radical (unpaired) electrons. The molecule has 1 aromatic carbocycles. The first-order valence-corrected chi connectivity index (χ1v) is 7.48. The monoisotopic (exact) mass is 334 g/mol. The van der Waals surface area contributed by atoms with Gasteiger partial charge in [-0.1, -0.05) is 24.3 Å². The predicted octanol–water partition coefficient (Wildman–Crippen LogP) is 1.67. The molecule has 0 saturated carbocycles. The summed E-state index contributed by atoms with van der Waals surface area (Å²) in [4.78, 5) is 13.2. The van der Waals surface area contributed by atoms with Crippen LogP contribution in [0, 0.1) is 0 Å². The maximum Gasteiger partial charge on any atom is 0.428 e. The molecule has 3 N–H and O–H groups in total. The van der Waals surface area contributed by atoms with Crippen molar-refractivity contribution < 1.29 is 19.7 Å². The Morgan fingerprint density at radius 1 is 1.38 bits per heavy atom. The van der Waals surface area contributed by atoms with Crippen LogP contribution >= 0.6 is 0 Å². The fourth-order valence-electron chi connectivity index (χ4n) is 1.92. The van der Waals surface area contributed by atoms with Crippen LogP contribution in [0.25, 0.3) is 17.1 Å². The minimum atomic E-state index is -1.35. The molecule has 0 unspecified atom stereocenters. The Labute approximate surface area is 139 Å². The average molecular weight is 334 g/mol. The maximum atomic E-state index is 11.9. The molecule has 0 saturated heterocycles. The smallest absolute Gasteiger partial charge is 0.428 e. The molecule has 130 valence electrons. The lowest BCUT2D eigenvalue weighted by atomic mass is 10.1. The summed E-state index contributed by atoms with van der Waals surface area (Å²) in [7, 11) is 0. The van der Waals surface area contributed by atoms with Gasteiger partial charge in [-0.25, -0.2) is 10.2 Å². The van der Waals surface area contributed by atoms with Crippen LogP contribution in [0.15, 0.2) is 24.3 Å². The number of carbonyl (C=O) groups is 1. The fraction of sp³-hybridized carbons (Fsp3) is 0.438. The molecule has 8 nitrogen and oxygen atoms in total. The highest BCUT2D eigenvalue weighted by molar-refractivity contribution is 5.87. The van der Waals surface area contributed by atoms with Crippen LogP contribution in [-0.4, -0.2) is 49.2 Å². The van der Waals surface area contributed by atoms with E-state index in [1.54, 1.807) is 45.0 Å². The van der Waals surface area contributed by atoms with E-state index < -0.39 is 23.9 Å². The van der Waals surface area contributed by atoms with Crippen molar-refractivity contribution in [3.05, 3.63) is 29.8 Å². The summed E-state index contributed by atoms with van der Waals surface area (Å²) < 4.78 is 5.20. The Morgan fingerprint density at radius 3 is 2.71 bits per heavy atom. The van der Waals surface area contributed by atoms with Crippen LogP contribution < -0.4 is 5.43 Å². The normalized spacial score (nSPS) is 14.8. The number of aromatic nitrogens is 3. The van der Waals surface area contributed by atoms with E-state index in [0.717, 1.165) is 0 Å². The molecule has 24 heavy (non-hydrogen) atoms. The van der Waals surface area contributed by atoms with Crippen molar-refractivity contribution in [2.45, 2.75) is 38.9 Å². The van der Waals surface area contributed by atoms with Crippen LogP contribution in [0.4, 0.5) is 4.79 Å². The molecule has 0 spiro atoms. The number of hydrogen-bond acceptors (Lipinski definition) is 6. The number of nitrogens with one attached hydrogen (secondary N) is 1. The van der Waals surface area contributed by atoms with Gasteiger partial charge in [0, 0.05) is 5.56 Å². The van der Waals surface area contributed by atoms with Crippen LogP contribution in [0.3, 0.4) is 0 Å². The van der Waals surface area contributed by atoms with E-state index in [-0.39, 0.29) is 0 Å². The Hall–Kier alpha value is -2.45. The minimum absolute atomic E-state index is 0.410. The summed E-state index contributed by atoms with van der Waals surface area (Å²) in [5.74, 6) is 0. The van der Waals surface area contributed by atoms with E-state index >= 15 is 0 Å². The van der Waals surface area contributed by atoms with Gasteiger partial charge in [-0.05, 0) is 39.0 Å². The number of benzene rings is 1. The molecule has 2 aromatic rings. The summed E-state index contributed by atoms with van der Waals surface area (Å²) in [6.45, 7) is 6.36. The highest BCUT2D eigenvalue weighted by Gasteiger charge is 2.19. The number of para-hydroxylation sites is 1. The Morgan fingerprint density at radius 2 is 2.08 bits per heavy atom. The van der Waals surface area contributed by atoms with E-state index in [1.807, 2.05) is 0 Å². The van der Waals surface area contributed by atoms with Crippen LogP contribution in [-0.2, 0) is 4.74 Å². The third kappa shape index (κ3) is 4.53. The number of aliphatic hydroxyl groups excluding tert-OH is 1. The van der Waals surface area contributed by atoms with Crippen molar-refractivity contribution in [2.24, 2.45) is 0 Å². The predicted molar refractivity (Wildman–Crippen MR) is 89.9 cm³/mol. The van der Waals surface area contributed by atoms with E-state index in [1.165, 1.54) is 17.8 Å². The standard InChI is InChI=1S/C16H22N4O4/c1-15(2,3)24-14(22)18-20-13-11(8-9-16(4,23)10-21)6-5-7-12(13)17-19-20/h5-9,21,23H,10H2,1-4H3,(H,18,22)/b9-8-/t16-/m0/s1. The first-order valence-electron chi connectivity index (χ1n) is 7.48. The fourth-order valence-corrected chi connectivity index (χ4v) is 1.92. The van der Waals surface area contributed by atoms with E-state index in [9.17, 15) is 9.90 Å². The number of hydrogen-bond donors (Lipinski definition) is 3. The van der Waals surface area contributed by atoms with Crippen molar-refractivity contribution in [2.75, 3.05) is 12.0 Å². The Balaban J connectivity index is 2.34. The highest BCUT2D eigenvalue weighted by Crippen LogP contribution is 2.19. The van der Waals surface area contributed by atoms with Gasteiger partial charge < -0.3 is 14.9 Å². The lowest BCUT2D eigenvalue weighted by molar-refractivity contribution is 0.0442. The molecule has 1 atom stereocenters. The number of nitrogens with zero attached hydrogens (tertiary/aromatic N) is 3. The molecule has 1 amide bonds. The average Bonchev–Trinajstić information content (AvgIpc) is 2.87. The third-order valence-electron chi connectivity index (χ3n) is 3.04. The van der Waals surface area contributed by atoms with Gasteiger partial charge in [-0.15, -0.1) is 9.89 Å². The second-order valence-electron chi connectivity index (χ2n) is 6.68. The van der Waals surface area contributed by atoms with Gasteiger partial charge in [0.25, 0.3) is 0 Å². The number of carbonyl (C=O) groups excluding carboxylic acids is 1. The minimum Gasteiger partial charge on any atom is -0.443 e. The summed E-state index contributed by atoms with van der Waals surface area (Å²) in [6.07, 6.45) is 2.44.